The predicted octanol–water partition coefficient (Wildman–Crippen LogP) is 13.9. The van der Waals surface area contributed by atoms with Gasteiger partial charge in [-0.2, -0.15) is 5.26 Å². The van der Waals surface area contributed by atoms with Gasteiger partial charge in [0.2, 0.25) is 0 Å². The van der Waals surface area contributed by atoms with E-state index in [9.17, 15) is 5.26 Å². The predicted molar refractivity (Wildman–Crippen MR) is 244 cm³/mol. The molecule has 11 rings (SSSR count). The number of fused-ring (bicyclic) bond motifs is 4. The van der Waals surface area contributed by atoms with E-state index >= 15 is 0 Å². The quantitative estimate of drug-likeness (QED) is 0.169. The van der Waals surface area contributed by atoms with E-state index in [-0.39, 0.29) is 0 Å². The summed E-state index contributed by atoms with van der Waals surface area (Å²) in [5.41, 5.74) is 14.5. The van der Waals surface area contributed by atoms with E-state index in [2.05, 4.69) is 252 Å². The molecule has 60 heavy (non-hydrogen) atoms. The van der Waals surface area contributed by atoms with E-state index in [1.165, 1.54) is 22.3 Å². The van der Waals surface area contributed by atoms with Gasteiger partial charge >= 0.3 is 0 Å². The first-order valence-electron chi connectivity index (χ1n) is 20.5. The average molecular weight is 766 g/mol. The van der Waals surface area contributed by atoms with Crippen LogP contribution in [0.3, 0.4) is 0 Å². The Hall–Kier alpha value is -7.93. The first-order valence-corrected chi connectivity index (χ1v) is 20.5. The van der Waals surface area contributed by atoms with Gasteiger partial charge in [-0.15, -0.1) is 0 Å². The van der Waals surface area contributed by atoms with Crippen molar-refractivity contribution in [3.05, 3.63) is 287 Å². The molecular formula is C57H39N3. The molecule has 2 aliphatic heterocycles. The third kappa shape index (κ3) is 4.95. The van der Waals surface area contributed by atoms with Crippen molar-refractivity contribution >= 4 is 34.1 Å². The van der Waals surface area contributed by atoms with Crippen LogP contribution in [0.5, 0.6) is 0 Å². The van der Waals surface area contributed by atoms with Crippen LogP contribution in [0, 0.1) is 11.3 Å². The summed E-state index contributed by atoms with van der Waals surface area (Å²) in [6.45, 7) is 0. The summed E-state index contributed by atoms with van der Waals surface area (Å²) in [7, 11) is 0. The van der Waals surface area contributed by atoms with Crippen molar-refractivity contribution in [3.63, 3.8) is 0 Å². The van der Waals surface area contributed by atoms with Gasteiger partial charge < -0.3 is 9.80 Å². The minimum absolute atomic E-state index is 0.588. The van der Waals surface area contributed by atoms with E-state index in [0.717, 1.165) is 56.4 Å². The average Bonchev–Trinajstić information content (AvgIpc) is 3.33. The molecule has 0 aromatic heterocycles. The lowest BCUT2D eigenvalue weighted by atomic mass is 9.62. The second kappa shape index (κ2) is 14.2. The van der Waals surface area contributed by atoms with Gasteiger partial charge in [0.1, 0.15) is 11.6 Å². The molecule has 0 aliphatic carbocycles. The fourth-order valence-corrected chi connectivity index (χ4v) is 10.4. The van der Waals surface area contributed by atoms with Gasteiger partial charge in [-0.25, -0.2) is 0 Å². The highest BCUT2D eigenvalue weighted by atomic mass is 15.2. The Bertz CT molecular complexity index is 2680. The second-order valence-corrected chi connectivity index (χ2v) is 15.5. The van der Waals surface area contributed by atoms with E-state index in [0.29, 0.717) is 5.56 Å². The smallest absolute Gasteiger partial charge is 0.104 e. The van der Waals surface area contributed by atoms with Gasteiger partial charge in [-0.3, -0.25) is 0 Å². The van der Waals surface area contributed by atoms with Crippen molar-refractivity contribution in [3.8, 4) is 6.07 Å². The second-order valence-electron chi connectivity index (χ2n) is 15.5. The lowest BCUT2D eigenvalue weighted by molar-refractivity contribution is 0.730. The van der Waals surface area contributed by atoms with Crippen LogP contribution in [0.4, 0.5) is 34.1 Å². The molecule has 2 heterocycles. The Kier molecular flexibility index (Phi) is 8.32. The summed E-state index contributed by atoms with van der Waals surface area (Å²) in [6, 6.07) is 87.3. The maximum absolute atomic E-state index is 11.6. The molecule has 9 aromatic rings. The summed E-state index contributed by atoms with van der Waals surface area (Å²) < 4.78 is 0. The summed E-state index contributed by atoms with van der Waals surface area (Å²) in [5, 5.41) is 11.6. The Morgan fingerprint density at radius 2 is 0.500 bits per heavy atom. The number of rotatable bonds is 6. The first-order chi connectivity index (χ1) is 29.8. The van der Waals surface area contributed by atoms with Crippen LogP contribution in [0.1, 0.15) is 50.1 Å². The number of anilines is 6. The molecule has 0 amide bonds. The van der Waals surface area contributed by atoms with E-state index in [4.69, 9.17) is 0 Å². The highest BCUT2D eigenvalue weighted by Gasteiger charge is 2.48. The molecule has 0 radical (unpaired) electrons. The van der Waals surface area contributed by atoms with Crippen LogP contribution in [0.25, 0.3) is 0 Å². The van der Waals surface area contributed by atoms with Crippen molar-refractivity contribution in [2.75, 3.05) is 9.80 Å². The number of hydrogen-bond acceptors (Lipinski definition) is 3. The van der Waals surface area contributed by atoms with Crippen molar-refractivity contribution < 1.29 is 0 Å². The van der Waals surface area contributed by atoms with Crippen molar-refractivity contribution in [1.29, 1.82) is 5.26 Å². The normalized spacial score (nSPS) is 14.2. The third-order valence-electron chi connectivity index (χ3n) is 12.6. The molecule has 0 unspecified atom stereocenters. The zero-order chi connectivity index (χ0) is 40.1. The van der Waals surface area contributed by atoms with Gasteiger partial charge in [-0.05, 0) is 80.9 Å². The van der Waals surface area contributed by atoms with Crippen LogP contribution >= 0.6 is 0 Å². The molecule has 3 heteroatoms. The highest BCUT2D eigenvalue weighted by Crippen LogP contribution is 2.61. The molecule has 3 nitrogen and oxygen atoms in total. The number of para-hydroxylation sites is 4. The van der Waals surface area contributed by atoms with Crippen LogP contribution in [0.15, 0.2) is 237 Å². The van der Waals surface area contributed by atoms with Gasteiger partial charge in [0.05, 0.1) is 45.0 Å². The van der Waals surface area contributed by atoms with Gasteiger partial charge in [0.15, 0.2) is 0 Å². The monoisotopic (exact) mass is 765 g/mol. The van der Waals surface area contributed by atoms with Crippen LogP contribution in [-0.4, -0.2) is 0 Å². The van der Waals surface area contributed by atoms with E-state index in [1.54, 1.807) is 0 Å². The van der Waals surface area contributed by atoms with Gasteiger partial charge in [-0.1, -0.05) is 200 Å². The molecule has 0 saturated carbocycles. The standard InChI is InChI=1S/C57H39N3/c58-40-45-50(59-52-34-17-13-30-46(52)56(41-22-5-1-6-23-41,42-24-7-2-8-25-42)47-31-14-18-35-53(47)59)38-21-39-51(45)60-54-36-19-15-32-48(54)57(43-26-9-3-10-27-43,44-28-11-4-12-29-44)49-33-16-20-37-55(49)60/h1-39H. The topological polar surface area (TPSA) is 30.3 Å². The molecule has 0 saturated heterocycles. The molecule has 0 spiro atoms. The maximum Gasteiger partial charge on any atom is 0.104 e. The minimum Gasteiger partial charge on any atom is -0.308 e. The molecule has 9 aromatic carbocycles. The molecular weight excluding hydrogens is 727 g/mol. The fourth-order valence-electron chi connectivity index (χ4n) is 10.4. The number of hydrogen-bond donors (Lipinski definition) is 0. The molecule has 0 bridgehead atoms. The largest absolute Gasteiger partial charge is 0.308 e. The van der Waals surface area contributed by atoms with E-state index < -0.39 is 10.8 Å². The van der Waals surface area contributed by atoms with Crippen molar-refractivity contribution in [2.24, 2.45) is 0 Å². The van der Waals surface area contributed by atoms with E-state index in [1.807, 2.05) is 0 Å². The zero-order valence-corrected chi connectivity index (χ0v) is 32.9. The number of nitriles is 1. The Morgan fingerprint density at radius 1 is 0.267 bits per heavy atom. The van der Waals surface area contributed by atoms with Crippen LogP contribution in [-0.2, 0) is 10.8 Å². The van der Waals surface area contributed by atoms with Gasteiger partial charge in [0.25, 0.3) is 0 Å². The van der Waals surface area contributed by atoms with Gasteiger partial charge in [0, 0.05) is 0 Å². The van der Waals surface area contributed by atoms with Crippen molar-refractivity contribution in [1.82, 2.24) is 0 Å². The summed E-state index contributed by atoms with van der Waals surface area (Å²) in [4.78, 5) is 4.63. The number of nitrogens with zero attached hydrogens (tertiary/aromatic N) is 3. The minimum atomic E-state index is -0.612. The number of benzene rings is 9. The van der Waals surface area contributed by atoms with Crippen LogP contribution < -0.4 is 9.80 Å². The molecule has 2 aliphatic rings. The first kappa shape index (κ1) is 35.2. The third-order valence-corrected chi connectivity index (χ3v) is 12.6. The summed E-state index contributed by atoms with van der Waals surface area (Å²) in [5.74, 6) is 0. The summed E-state index contributed by atoms with van der Waals surface area (Å²) >= 11 is 0. The van der Waals surface area contributed by atoms with Crippen molar-refractivity contribution in [2.45, 2.75) is 10.8 Å². The molecule has 0 atom stereocenters. The summed E-state index contributed by atoms with van der Waals surface area (Å²) in [6.07, 6.45) is 0. The Balaban J connectivity index is 1.18. The molecule has 0 fully saturated rings. The Morgan fingerprint density at radius 3 is 0.767 bits per heavy atom. The SMILES string of the molecule is N#Cc1c(N2c3ccccc3C(c3ccccc3)(c3ccccc3)c3ccccc32)cccc1N1c2ccccc2C(c2ccccc2)(c2ccccc2)c2ccccc21. The highest BCUT2D eigenvalue weighted by molar-refractivity contribution is 5.96. The lowest BCUT2D eigenvalue weighted by Gasteiger charge is -2.47. The lowest BCUT2D eigenvalue weighted by Crippen LogP contribution is -2.38. The molecule has 0 N–H and O–H groups in total. The van der Waals surface area contributed by atoms with Crippen LogP contribution in [0.2, 0.25) is 0 Å². The molecule has 282 valence electrons. The Labute approximate surface area is 351 Å². The zero-order valence-electron chi connectivity index (χ0n) is 32.9. The fraction of sp³-hybridized carbons (Fsp3) is 0.0351. The maximum atomic E-state index is 11.6.